The third kappa shape index (κ3) is 4.59. The van der Waals surface area contributed by atoms with Crippen LogP contribution in [0.25, 0.3) is 33.9 Å². The van der Waals surface area contributed by atoms with E-state index in [0.29, 0.717) is 23.4 Å². The predicted molar refractivity (Wildman–Crippen MR) is 132 cm³/mol. The quantitative estimate of drug-likeness (QED) is 0.406. The van der Waals surface area contributed by atoms with Gasteiger partial charge in [-0.2, -0.15) is 4.98 Å². The zero-order valence-corrected chi connectivity index (χ0v) is 19.4. The molecule has 0 aliphatic rings. The van der Waals surface area contributed by atoms with E-state index in [2.05, 4.69) is 20.4 Å². The van der Waals surface area contributed by atoms with E-state index in [9.17, 15) is 9.59 Å². The minimum absolute atomic E-state index is 0.0220. The van der Waals surface area contributed by atoms with Crippen molar-refractivity contribution >= 4 is 16.9 Å². The first-order valence-corrected chi connectivity index (χ1v) is 11.2. The first kappa shape index (κ1) is 22.2. The maximum atomic E-state index is 13.3. The molecule has 1 amide bonds. The number of nitrogens with zero attached hydrogens (tertiary/aromatic N) is 4. The van der Waals surface area contributed by atoms with E-state index in [1.807, 2.05) is 68.4 Å². The van der Waals surface area contributed by atoms with E-state index >= 15 is 0 Å². The number of aryl methyl sites for hydroxylation is 2. The van der Waals surface area contributed by atoms with Crippen LogP contribution in [0.1, 0.15) is 16.8 Å². The number of benzene rings is 2. The molecule has 35 heavy (non-hydrogen) atoms. The van der Waals surface area contributed by atoms with Crippen LogP contribution in [0.2, 0.25) is 0 Å². The van der Waals surface area contributed by atoms with Gasteiger partial charge in [0.25, 0.3) is 5.89 Å². The summed E-state index contributed by atoms with van der Waals surface area (Å²) in [7, 11) is 0. The Morgan fingerprint density at radius 3 is 2.51 bits per heavy atom. The van der Waals surface area contributed by atoms with Crippen molar-refractivity contribution in [1.82, 2.24) is 25.0 Å². The van der Waals surface area contributed by atoms with Gasteiger partial charge in [-0.3, -0.25) is 9.59 Å². The van der Waals surface area contributed by atoms with Crippen molar-refractivity contribution in [3.63, 3.8) is 0 Å². The van der Waals surface area contributed by atoms with Gasteiger partial charge in [-0.15, -0.1) is 0 Å². The van der Waals surface area contributed by atoms with Gasteiger partial charge in [0.05, 0.1) is 5.39 Å². The molecule has 0 unspecified atom stereocenters. The van der Waals surface area contributed by atoms with Crippen LogP contribution >= 0.6 is 0 Å². The molecule has 0 saturated carbocycles. The molecule has 5 rings (SSSR count). The second-order valence-corrected chi connectivity index (χ2v) is 8.32. The van der Waals surface area contributed by atoms with Crippen molar-refractivity contribution in [2.45, 2.75) is 26.9 Å². The Balaban J connectivity index is 1.52. The van der Waals surface area contributed by atoms with Gasteiger partial charge >= 0.3 is 0 Å². The lowest BCUT2D eigenvalue weighted by Gasteiger charge is -2.12. The maximum absolute atomic E-state index is 13.3. The van der Waals surface area contributed by atoms with Crippen LogP contribution in [0.4, 0.5) is 0 Å². The number of carbonyl (C=O) groups is 1. The first-order chi connectivity index (χ1) is 17.0. The number of amides is 1. The number of nitrogens with one attached hydrogen (secondary N) is 1. The smallest absolute Gasteiger partial charge is 0.263 e. The second kappa shape index (κ2) is 9.34. The molecule has 0 fully saturated rings. The molecule has 8 nitrogen and oxygen atoms in total. The van der Waals surface area contributed by atoms with Crippen molar-refractivity contribution in [1.29, 1.82) is 0 Å². The van der Waals surface area contributed by atoms with Gasteiger partial charge in [-0.25, -0.2) is 4.98 Å². The zero-order valence-electron chi connectivity index (χ0n) is 19.4. The maximum Gasteiger partial charge on any atom is 0.263 e. The lowest BCUT2D eigenvalue weighted by molar-refractivity contribution is -0.121. The highest BCUT2D eigenvalue weighted by Gasteiger charge is 2.19. The SMILES string of the molecule is Cc1ccc2c(=O)c(-c3nc(-c4ccccc4C)no3)cn(CC(=O)NCc3ccccc3)c2n1. The summed E-state index contributed by atoms with van der Waals surface area (Å²) >= 11 is 0. The molecule has 3 aromatic heterocycles. The fourth-order valence-corrected chi connectivity index (χ4v) is 3.91. The molecular weight excluding hydrogens is 442 g/mol. The topological polar surface area (TPSA) is 103 Å². The molecular formula is C27H23N5O3. The number of hydrogen-bond acceptors (Lipinski definition) is 6. The normalized spacial score (nSPS) is 11.0. The summed E-state index contributed by atoms with van der Waals surface area (Å²) in [6, 6.07) is 20.8. The molecule has 2 aromatic carbocycles. The highest BCUT2D eigenvalue weighted by molar-refractivity contribution is 5.83. The van der Waals surface area contributed by atoms with E-state index in [4.69, 9.17) is 4.52 Å². The number of pyridine rings is 2. The van der Waals surface area contributed by atoms with E-state index in [1.165, 1.54) is 0 Å². The van der Waals surface area contributed by atoms with Crippen LogP contribution < -0.4 is 10.7 Å². The Morgan fingerprint density at radius 1 is 0.943 bits per heavy atom. The molecule has 1 N–H and O–H groups in total. The molecule has 3 heterocycles. The molecule has 0 atom stereocenters. The molecule has 0 aliphatic heterocycles. The molecule has 174 valence electrons. The number of fused-ring (bicyclic) bond motifs is 1. The highest BCUT2D eigenvalue weighted by atomic mass is 16.5. The molecule has 8 heteroatoms. The molecule has 0 aliphatic carbocycles. The van der Waals surface area contributed by atoms with Gasteiger partial charge in [-0.1, -0.05) is 59.8 Å². The van der Waals surface area contributed by atoms with Crippen LogP contribution in [-0.2, 0) is 17.9 Å². The minimum Gasteiger partial charge on any atom is -0.350 e. The third-order valence-electron chi connectivity index (χ3n) is 5.75. The number of hydrogen-bond donors (Lipinski definition) is 1. The van der Waals surface area contributed by atoms with Gasteiger partial charge in [0.15, 0.2) is 0 Å². The number of rotatable bonds is 6. The van der Waals surface area contributed by atoms with E-state index in [-0.39, 0.29) is 29.3 Å². The van der Waals surface area contributed by atoms with Crippen molar-refractivity contribution in [3.8, 4) is 22.8 Å². The highest BCUT2D eigenvalue weighted by Crippen LogP contribution is 2.24. The van der Waals surface area contributed by atoms with Gasteiger partial charge in [-0.05, 0) is 37.1 Å². The molecule has 0 spiro atoms. The van der Waals surface area contributed by atoms with Crippen molar-refractivity contribution in [3.05, 3.63) is 100.0 Å². The second-order valence-electron chi connectivity index (χ2n) is 8.32. The van der Waals surface area contributed by atoms with Crippen LogP contribution in [0.3, 0.4) is 0 Å². The van der Waals surface area contributed by atoms with Crippen LogP contribution in [-0.4, -0.2) is 25.6 Å². The van der Waals surface area contributed by atoms with Gasteiger partial charge in [0.1, 0.15) is 17.8 Å². The summed E-state index contributed by atoms with van der Waals surface area (Å²) in [4.78, 5) is 35.1. The Bertz CT molecular complexity index is 1590. The monoisotopic (exact) mass is 465 g/mol. The average molecular weight is 466 g/mol. The summed E-state index contributed by atoms with van der Waals surface area (Å²) in [6.45, 7) is 4.17. The summed E-state index contributed by atoms with van der Waals surface area (Å²) in [5.74, 6) is 0.278. The standard InChI is InChI=1S/C27H23N5O3/c1-17-8-6-7-11-20(17)25-30-27(35-31-25)22-15-32(26-21(24(22)34)13-12-18(2)29-26)16-23(33)28-14-19-9-4-3-5-10-19/h3-13,15H,14,16H2,1-2H3,(H,28,33). The first-order valence-electron chi connectivity index (χ1n) is 11.2. The Labute approximate surface area is 201 Å². The van der Waals surface area contributed by atoms with E-state index in [1.54, 1.807) is 22.9 Å². The Hall–Kier alpha value is -4.59. The van der Waals surface area contributed by atoms with Crippen LogP contribution in [0.15, 0.2) is 82.2 Å². The number of carbonyl (C=O) groups excluding carboxylic acids is 1. The average Bonchev–Trinajstić information content (AvgIpc) is 3.35. The Morgan fingerprint density at radius 2 is 1.71 bits per heavy atom. The molecule has 5 aromatic rings. The lowest BCUT2D eigenvalue weighted by atomic mass is 10.1. The Kier molecular flexibility index (Phi) is 5.93. The van der Waals surface area contributed by atoms with Gasteiger partial charge in [0, 0.05) is 24.0 Å². The third-order valence-corrected chi connectivity index (χ3v) is 5.75. The van der Waals surface area contributed by atoms with Crippen molar-refractivity contribution < 1.29 is 9.32 Å². The van der Waals surface area contributed by atoms with Crippen LogP contribution in [0, 0.1) is 13.8 Å². The summed E-state index contributed by atoms with van der Waals surface area (Å²) in [5, 5.41) is 7.37. The molecule has 0 saturated heterocycles. The van der Waals surface area contributed by atoms with E-state index in [0.717, 1.165) is 22.4 Å². The fraction of sp³-hybridized carbons (Fsp3) is 0.148. The lowest BCUT2D eigenvalue weighted by Crippen LogP contribution is -2.28. The van der Waals surface area contributed by atoms with Crippen molar-refractivity contribution in [2.24, 2.45) is 0 Å². The molecule has 0 radical (unpaired) electrons. The zero-order chi connectivity index (χ0) is 24.4. The van der Waals surface area contributed by atoms with Crippen molar-refractivity contribution in [2.75, 3.05) is 0 Å². The molecule has 0 bridgehead atoms. The number of aromatic nitrogens is 4. The summed E-state index contributed by atoms with van der Waals surface area (Å²) in [6.07, 6.45) is 1.56. The fourth-order valence-electron chi connectivity index (χ4n) is 3.91. The summed E-state index contributed by atoms with van der Waals surface area (Å²) in [5.41, 5.74) is 3.90. The largest absolute Gasteiger partial charge is 0.350 e. The summed E-state index contributed by atoms with van der Waals surface area (Å²) < 4.78 is 7.13. The van der Waals surface area contributed by atoms with Gasteiger partial charge < -0.3 is 14.4 Å². The van der Waals surface area contributed by atoms with Gasteiger partial charge in [0.2, 0.25) is 17.2 Å². The predicted octanol–water partition coefficient (Wildman–Crippen LogP) is 4.05. The van der Waals surface area contributed by atoms with E-state index < -0.39 is 0 Å². The minimum atomic E-state index is -0.284. The van der Waals surface area contributed by atoms with Crippen LogP contribution in [0.5, 0.6) is 0 Å².